The molecule has 0 aliphatic carbocycles. The van der Waals surface area contributed by atoms with E-state index in [0.717, 1.165) is 44.1 Å². The molecular formula is C13H22N2O2. The predicted molar refractivity (Wildman–Crippen MR) is 66.8 cm³/mol. The van der Waals surface area contributed by atoms with Gasteiger partial charge in [0.05, 0.1) is 18.7 Å². The lowest BCUT2D eigenvalue weighted by Gasteiger charge is -2.43. The van der Waals surface area contributed by atoms with E-state index in [9.17, 15) is 0 Å². The Hall–Kier alpha value is -0.840. The Morgan fingerprint density at radius 1 is 1.47 bits per heavy atom. The van der Waals surface area contributed by atoms with Crippen LogP contribution in [0.2, 0.25) is 0 Å². The lowest BCUT2D eigenvalue weighted by atomic mass is 9.90. The Labute approximate surface area is 103 Å². The standard InChI is InChI=1S/C13H22N2O2/c1-11-4-5-12(17-11)8-15(2)13(9-14)6-3-7-16-10-13/h4-5H,3,6-10,14H2,1-2H3. The number of ether oxygens (including phenoxy) is 1. The van der Waals surface area contributed by atoms with Crippen LogP contribution < -0.4 is 5.73 Å². The Kier molecular flexibility index (Phi) is 3.86. The SMILES string of the molecule is Cc1ccc(CN(C)C2(CN)CCCOC2)o1. The first-order valence-corrected chi connectivity index (χ1v) is 6.21. The third kappa shape index (κ3) is 2.70. The number of furan rings is 1. The minimum atomic E-state index is -0.0288. The van der Waals surface area contributed by atoms with Gasteiger partial charge in [-0.3, -0.25) is 4.90 Å². The van der Waals surface area contributed by atoms with Gasteiger partial charge in [0, 0.05) is 13.2 Å². The third-order valence-electron chi connectivity index (χ3n) is 3.68. The van der Waals surface area contributed by atoms with Gasteiger partial charge in [-0.05, 0) is 38.9 Å². The Morgan fingerprint density at radius 2 is 2.29 bits per heavy atom. The lowest BCUT2D eigenvalue weighted by molar-refractivity contribution is -0.0395. The molecule has 1 aliphatic heterocycles. The van der Waals surface area contributed by atoms with Gasteiger partial charge in [0.25, 0.3) is 0 Å². The van der Waals surface area contributed by atoms with E-state index < -0.39 is 0 Å². The van der Waals surface area contributed by atoms with Crippen LogP contribution in [0.3, 0.4) is 0 Å². The van der Waals surface area contributed by atoms with Crippen molar-refractivity contribution in [1.82, 2.24) is 4.90 Å². The van der Waals surface area contributed by atoms with Crippen LogP contribution in [-0.4, -0.2) is 37.2 Å². The Balaban J connectivity index is 2.04. The summed E-state index contributed by atoms with van der Waals surface area (Å²) in [5.41, 5.74) is 5.92. The number of nitrogens with zero attached hydrogens (tertiary/aromatic N) is 1. The number of likely N-dealkylation sites (N-methyl/N-ethyl adjacent to an activating group) is 1. The van der Waals surface area contributed by atoms with Gasteiger partial charge in [-0.15, -0.1) is 0 Å². The molecule has 2 N–H and O–H groups in total. The average Bonchev–Trinajstić information content (AvgIpc) is 2.75. The fourth-order valence-corrected chi connectivity index (χ4v) is 2.43. The summed E-state index contributed by atoms with van der Waals surface area (Å²) in [6.45, 7) is 4.96. The smallest absolute Gasteiger partial charge is 0.118 e. The number of nitrogens with two attached hydrogens (primary N) is 1. The van der Waals surface area contributed by atoms with Crippen molar-refractivity contribution in [3.63, 3.8) is 0 Å². The molecule has 1 aromatic heterocycles. The summed E-state index contributed by atoms with van der Waals surface area (Å²) in [4.78, 5) is 2.27. The van der Waals surface area contributed by atoms with E-state index in [-0.39, 0.29) is 5.54 Å². The zero-order valence-electron chi connectivity index (χ0n) is 10.7. The molecule has 1 unspecified atom stereocenters. The van der Waals surface area contributed by atoms with Crippen LogP contribution in [0.4, 0.5) is 0 Å². The monoisotopic (exact) mass is 238 g/mol. The predicted octanol–water partition coefficient (Wildman–Crippen LogP) is 1.53. The first-order chi connectivity index (χ1) is 8.16. The van der Waals surface area contributed by atoms with Crippen molar-refractivity contribution in [2.75, 3.05) is 26.8 Å². The average molecular weight is 238 g/mol. The highest BCUT2D eigenvalue weighted by Crippen LogP contribution is 2.26. The van der Waals surface area contributed by atoms with Gasteiger partial charge in [-0.2, -0.15) is 0 Å². The molecule has 2 rings (SSSR count). The number of aryl methyl sites for hydroxylation is 1. The van der Waals surface area contributed by atoms with Gasteiger partial charge >= 0.3 is 0 Å². The minimum Gasteiger partial charge on any atom is -0.465 e. The second-order valence-corrected chi connectivity index (χ2v) is 4.95. The second kappa shape index (κ2) is 5.21. The summed E-state index contributed by atoms with van der Waals surface area (Å²) in [6.07, 6.45) is 2.18. The van der Waals surface area contributed by atoms with Crippen molar-refractivity contribution in [1.29, 1.82) is 0 Å². The van der Waals surface area contributed by atoms with Crippen LogP contribution in [0, 0.1) is 6.92 Å². The quantitative estimate of drug-likeness (QED) is 0.864. The molecule has 1 saturated heterocycles. The summed E-state index contributed by atoms with van der Waals surface area (Å²) in [5, 5.41) is 0. The van der Waals surface area contributed by atoms with E-state index in [1.165, 1.54) is 0 Å². The fourth-order valence-electron chi connectivity index (χ4n) is 2.43. The lowest BCUT2D eigenvalue weighted by Crippen LogP contribution is -2.56. The summed E-state index contributed by atoms with van der Waals surface area (Å²) in [6, 6.07) is 4.02. The topological polar surface area (TPSA) is 51.6 Å². The highest BCUT2D eigenvalue weighted by atomic mass is 16.5. The van der Waals surface area contributed by atoms with Gasteiger partial charge < -0.3 is 14.9 Å². The largest absolute Gasteiger partial charge is 0.465 e. The van der Waals surface area contributed by atoms with Crippen molar-refractivity contribution in [3.8, 4) is 0 Å². The summed E-state index contributed by atoms with van der Waals surface area (Å²) in [7, 11) is 2.10. The van der Waals surface area contributed by atoms with Crippen LogP contribution >= 0.6 is 0 Å². The molecule has 4 heteroatoms. The summed E-state index contributed by atoms with van der Waals surface area (Å²) >= 11 is 0. The fraction of sp³-hybridized carbons (Fsp3) is 0.692. The van der Waals surface area contributed by atoms with E-state index in [2.05, 4.69) is 11.9 Å². The Bertz CT molecular complexity index is 356. The second-order valence-electron chi connectivity index (χ2n) is 4.95. The molecule has 2 heterocycles. The molecule has 1 aromatic rings. The molecule has 4 nitrogen and oxygen atoms in total. The van der Waals surface area contributed by atoms with Crippen molar-refractivity contribution in [3.05, 3.63) is 23.7 Å². The van der Waals surface area contributed by atoms with E-state index in [0.29, 0.717) is 6.54 Å². The van der Waals surface area contributed by atoms with Crippen LogP contribution in [0.1, 0.15) is 24.4 Å². The van der Waals surface area contributed by atoms with Gasteiger partial charge in [0.2, 0.25) is 0 Å². The van der Waals surface area contributed by atoms with Gasteiger partial charge in [-0.1, -0.05) is 0 Å². The molecule has 0 amide bonds. The number of hydrogen-bond donors (Lipinski definition) is 1. The number of rotatable bonds is 4. The van der Waals surface area contributed by atoms with Gasteiger partial charge in [-0.25, -0.2) is 0 Å². The highest BCUT2D eigenvalue weighted by molar-refractivity contribution is 5.06. The summed E-state index contributed by atoms with van der Waals surface area (Å²) < 4.78 is 11.2. The zero-order chi connectivity index (χ0) is 12.3. The zero-order valence-corrected chi connectivity index (χ0v) is 10.7. The molecule has 96 valence electrons. The van der Waals surface area contributed by atoms with Crippen molar-refractivity contribution in [2.24, 2.45) is 5.73 Å². The van der Waals surface area contributed by atoms with E-state index in [4.69, 9.17) is 14.9 Å². The van der Waals surface area contributed by atoms with E-state index in [1.54, 1.807) is 0 Å². The molecule has 0 bridgehead atoms. The molecule has 0 saturated carbocycles. The molecule has 0 aromatic carbocycles. The van der Waals surface area contributed by atoms with Crippen molar-refractivity contribution < 1.29 is 9.15 Å². The minimum absolute atomic E-state index is 0.0288. The van der Waals surface area contributed by atoms with Gasteiger partial charge in [0.15, 0.2) is 0 Å². The van der Waals surface area contributed by atoms with Crippen LogP contribution in [0.25, 0.3) is 0 Å². The maximum Gasteiger partial charge on any atom is 0.118 e. The molecule has 1 aliphatic rings. The molecule has 1 atom stereocenters. The molecular weight excluding hydrogens is 216 g/mol. The normalized spacial score (nSPS) is 25.4. The molecule has 1 fully saturated rings. The van der Waals surface area contributed by atoms with Crippen LogP contribution in [-0.2, 0) is 11.3 Å². The highest BCUT2D eigenvalue weighted by Gasteiger charge is 2.35. The number of hydrogen-bond acceptors (Lipinski definition) is 4. The maximum absolute atomic E-state index is 5.95. The summed E-state index contributed by atoms with van der Waals surface area (Å²) in [5.74, 6) is 1.94. The first-order valence-electron chi connectivity index (χ1n) is 6.21. The maximum atomic E-state index is 5.95. The third-order valence-corrected chi connectivity index (χ3v) is 3.68. The molecule has 17 heavy (non-hydrogen) atoms. The first kappa shape index (κ1) is 12.6. The Morgan fingerprint density at radius 3 is 2.82 bits per heavy atom. The van der Waals surface area contributed by atoms with Crippen molar-refractivity contribution >= 4 is 0 Å². The van der Waals surface area contributed by atoms with E-state index in [1.807, 2.05) is 19.1 Å². The van der Waals surface area contributed by atoms with Crippen molar-refractivity contribution in [2.45, 2.75) is 31.8 Å². The molecule has 0 spiro atoms. The van der Waals surface area contributed by atoms with Crippen LogP contribution in [0.5, 0.6) is 0 Å². The molecule has 0 radical (unpaired) electrons. The van der Waals surface area contributed by atoms with Crippen LogP contribution in [0.15, 0.2) is 16.5 Å². The van der Waals surface area contributed by atoms with E-state index >= 15 is 0 Å². The van der Waals surface area contributed by atoms with Gasteiger partial charge in [0.1, 0.15) is 11.5 Å².